The Hall–Kier alpha value is -4.38. The summed E-state index contributed by atoms with van der Waals surface area (Å²) in [5.74, 6) is -1.68. The van der Waals surface area contributed by atoms with E-state index in [0.29, 0.717) is 41.5 Å². The van der Waals surface area contributed by atoms with Gasteiger partial charge >= 0.3 is 11.9 Å². The summed E-state index contributed by atoms with van der Waals surface area (Å²) in [5, 5.41) is 11.6. The zero-order valence-corrected chi connectivity index (χ0v) is 22.7. The Labute approximate surface area is 229 Å². The van der Waals surface area contributed by atoms with Crippen LogP contribution in [0, 0.1) is 6.92 Å². The molecule has 0 bridgehead atoms. The number of fused-ring (bicyclic) bond motifs is 1. The molecule has 2 aliphatic rings. The van der Waals surface area contributed by atoms with E-state index in [4.69, 9.17) is 14.2 Å². The SMILES string of the molecule is CCOC(=O)c1sc(N2C(=O)C(=O)/C(=C(/O)c3ccc4c(c3)OCCO4)C2c2ccc(N(C)C)cc2)nc1C. The number of thiazole rings is 1. The van der Waals surface area contributed by atoms with Gasteiger partial charge in [0.15, 0.2) is 16.6 Å². The van der Waals surface area contributed by atoms with Gasteiger partial charge in [0.05, 0.1) is 23.9 Å². The number of aromatic nitrogens is 1. The fourth-order valence-corrected chi connectivity index (χ4v) is 5.50. The van der Waals surface area contributed by atoms with Gasteiger partial charge in [-0.15, -0.1) is 0 Å². The highest BCUT2D eigenvalue weighted by molar-refractivity contribution is 7.17. The van der Waals surface area contributed by atoms with Gasteiger partial charge in [0.1, 0.15) is 23.9 Å². The lowest BCUT2D eigenvalue weighted by atomic mass is 9.95. The minimum atomic E-state index is -0.991. The summed E-state index contributed by atoms with van der Waals surface area (Å²) in [7, 11) is 3.80. The first kappa shape index (κ1) is 26.2. The molecule has 0 radical (unpaired) electrons. The highest BCUT2D eigenvalue weighted by Crippen LogP contribution is 2.45. The van der Waals surface area contributed by atoms with Crippen molar-refractivity contribution in [2.24, 2.45) is 0 Å². The van der Waals surface area contributed by atoms with Crippen molar-refractivity contribution >= 4 is 45.6 Å². The van der Waals surface area contributed by atoms with Gasteiger partial charge in [0, 0.05) is 25.3 Å². The number of hydrogen-bond donors (Lipinski definition) is 1. The first-order valence-electron chi connectivity index (χ1n) is 12.3. The van der Waals surface area contributed by atoms with Crippen LogP contribution in [0.5, 0.6) is 11.5 Å². The number of hydrogen-bond acceptors (Lipinski definition) is 10. The number of carbonyl (C=O) groups excluding carboxylic acids is 3. The Morgan fingerprint density at radius 1 is 1.13 bits per heavy atom. The van der Waals surface area contributed by atoms with E-state index >= 15 is 0 Å². The number of anilines is 2. The normalized spacial score (nSPS) is 17.8. The molecule has 1 N–H and O–H groups in total. The van der Waals surface area contributed by atoms with Crippen molar-refractivity contribution in [3.63, 3.8) is 0 Å². The Kier molecular flexibility index (Phi) is 7.00. The van der Waals surface area contributed by atoms with Crippen LogP contribution in [0.4, 0.5) is 10.8 Å². The smallest absolute Gasteiger partial charge is 0.350 e. The molecule has 1 saturated heterocycles. The number of carbonyl (C=O) groups is 3. The van der Waals surface area contributed by atoms with E-state index in [0.717, 1.165) is 17.0 Å². The average molecular weight is 550 g/mol. The van der Waals surface area contributed by atoms with E-state index in [1.807, 2.05) is 31.1 Å². The van der Waals surface area contributed by atoms with Crippen LogP contribution in [-0.4, -0.2) is 61.7 Å². The number of esters is 1. The van der Waals surface area contributed by atoms with Crippen molar-refractivity contribution < 1.29 is 33.7 Å². The Morgan fingerprint density at radius 3 is 2.49 bits per heavy atom. The zero-order chi connectivity index (χ0) is 27.8. The molecule has 1 unspecified atom stereocenters. The number of benzene rings is 2. The largest absolute Gasteiger partial charge is 0.507 e. The van der Waals surface area contributed by atoms with Crippen LogP contribution in [0.15, 0.2) is 48.0 Å². The molecule has 0 aliphatic carbocycles. The summed E-state index contributed by atoms with van der Waals surface area (Å²) < 4.78 is 16.3. The Balaban J connectivity index is 1.66. The number of ether oxygens (including phenoxy) is 3. The lowest BCUT2D eigenvalue weighted by molar-refractivity contribution is -0.132. The monoisotopic (exact) mass is 549 g/mol. The van der Waals surface area contributed by atoms with Gasteiger partial charge in [-0.3, -0.25) is 14.5 Å². The zero-order valence-electron chi connectivity index (χ0n) is 21.9. The second-order valence-corrected chi connectivity index (χ2v) is 10.1. The first-order valence-corrected chi connectivity index (χ1v) is 13.2. The van der Waals surface area contributed by atoms with Crippen molar-refractivity contribution in [3.05, 3.63) is 69.7 Å². The van der Waals surface area contributed by atoms with E-state index in [-0.39, 0.29) is 27.9 Å². The molecule has 3 aromatic rings. The second-order valence-electron chi connectivity index (χ2n) is 9.14. The van der Waals surface area contributed by atoms with Crippen LogP contribution in [0.25, 0.3) is 5.76 Å². The van der Waals surface area contributed by atoms with E-state index < -0.39 is 23.7 Å². The van der Waals surface area contributed by atoms with Crippen molar-refractivity contribution in [1.29, 1.82) is 0 Å². The van der Waals surface area contributed by atoms with E-state index in [1.165, 1.54) is 4.90 Å². The number of Topliss-reactive ketones (excluding diaryl/α,β-unsaturated/α-hetero) is 1. The summed E-state index contributed by atoms with van der Waals surface area (Å²) in [6, 6.07) is 11.1. The molecular weight excluding hydrogens is 522 g/mol. The third-order valence-corrected chi connectivity index (χ3v) is 7.57. The summed E-state index contributed by atoms with van der Waals surface area (Å²) in [6.45, 7) is 4.28. The van der Waals surface area contributed by atoms with E-state index in [9.17, 15) is 19.5 Å². The summed E-state index contributed by atoms with van der Waals surface area (Å²) in [4.78, 5) is 47.3. The molecule has 1 aromatic heterocycles. The van der Waals surface area contributed by atoms with Crippen LogP contribution < -0.4 is 19.3 Å². The molecule has 0 spiro atoms. The molecular formula is C28H27N3O7S. The third-order valence-electron chi connectivity index (χ3n) is 6.44. The number of nitrogens with zero attached hydrogens (tertiary/aromatic N) is 3. The second kappa shape index (κ2) is 10.4. The van der Waals surface area contributed by atoms with Gasteiger partial charge in [-0.25, -0.2) is 9.78 Å². The Morgan fingerprint density at radius 2 is 1.82 bits per heavy atom. The quantitative estimate of drug-likeness (QED) is 0.210. The predicted molar refractivity (Wildman–Crippen MR) is 146 cm³/mol. The van der Waals surface area contributed by atoms with Crippen LogP contribution in [0.3, 0.4) is 0 Å². The van der Waals surface area contributed by atoms with Crippen molar-refractivity contribution in [2.75, 3.05) is 43.7 Å². The molecule has 1 amide bonds. The maximum absolute atomic E-state index is 13.5. The minimum Gasteiger partial charge on any atom is -0.507 e. The maximum Gasteiger partial charge on any atom is 0.350 e. The Bertz CT molecular complexity index is 1490. The van der Waals surface area contributed by atoms with Gasteiger partial charge in [-0.2, -0.15) is 0 Å². The predicted octanol–water partition coefficient (Wildman–Crippen LogP) is 4.09. The first-order chi connectivity index (χ1) is 18.7. The molecule has 3 heterocycles. The summed E-state index contributed by atoms with van der Waals surface area (Å²) >= 11 is 0.963. The van der Waals surface area contributed by atoms with Crippen LogP contribution in [0.1, 0.15) is 39.5 Å². The van der Waals surface area contributed by atoms with Gasteiger partial charge in [0.2, 0.25) is 0 Å². The van der Waals surface area contributed by atoms with Crippen LogP contribution >= 0.6 is 11.3 Å². The van der Waals surface area contributed by atoms with Gasteiger partial charge in [-0.05, 0) is 49.7 Å². The minimum absolute atomic E-state index is 0.0974. The average Bonchev–Trinajstić information content (AvgIpc) is 3.44. The number of aryl methyl sites for hydroxylation is 1. The van der Waals surface area contributed by atoms with Crippen LogP contribution in [-0.2, 0) is 14.3 Å². The van der Waals surface area contributed by atoms with E-state index in [1.54, 1.807) is 44.2 Å². The topological polar surface area (TPSA) is 118 Å². The summed E-state index contributed by atoms with van der Waals surface area (Å²) in [6.07, 6.45) is 0. The number of rotatable bonds is 6. The van der Waals surface area contributed by atoms with Crippen molar-refractivity contribution in [3.8, 4) is 11.5 Å². The van der Waals surface area contributed by atoms with Gasteiger partial charge in [0.25, 0.3) is 5.78 Å². The number of aliphatic hydroxyl groups is 1. The molecule has 39 heavy (non-hydrogen) atoms. The lowest BCUT2D eigenvalue weighted by Gasteiger charge is -2.24. The van der Waals surface area contributed by atoms with Gasteiger partial charge in [-0.1, -0.05) is 23.5 Å². The standard InChI is InChI=1S/C28H27N3O7S/c1-5-36-27(35)25-15(2)29-28(39-25)31-22(16-6-9-18(10-7-16)30(3)4)21(24(33)26(31)34)23(32)17-8-11-19-20(14-17)38-13-12-37-19/h6-11,14,22,32H,5,12-13H2,1-4H3/b23-21+. The molecule has 202 valence electrons. The van der Waals surface area contributed by atoms with Gasteiger partial charge < -0.3 is 24.2 Å². The molecule has 10 nitrogen and oxygen atoms in total. The van der Waals surface area contributed by atoms with Crippen molar-refractivity contribution in [2.45, 2.75) is 19.9 Å². The highest BCUT2D eigenvalue weighted by atomic mass is 32.1. The number of aliphatic hydroxyl groups excluding tert-OH is 1. The number of ketones is 1. The third kappa shape index (κ3) is 4.69. The molecule has 2 aromatic carbocycles. The van der Waals surface area contributed by atoms with E-state index in [2.05, 4.69) is 4.98 Å². The number of amides is 1. The highest BCUT2D eigenvalue weighted by Gasteiger charge is 2.48. The summed E-state index contributed by atoms with van der Waals surface area (Å²) in [5.41, 5.74) is 2.08. The maximum atomic E-state index is 13.5. The lowest BCUT2D eigenvalue weighted by Crippen LogP contribution is -2.29. The fraction of sp³-hybridized carbons (Fsp3) is 0.286. The van der Waals surface area contributed by atoms with Crippen LogP contribution in [0.2, 0.25) is 0 Å². The molecule has 1 atom stereocenters. The molecule has 11 heteroatoms. The molecule has 5 rings (SSSR count). The molecule has 0 saturated carbocycles. The molecule has 2 aliphatic heterocycles. The van der Waals surface area contributed by atoms with Crippen molar-refractivity contribution in [1.82, 2.24) is 4.98 Å². The fourth-order valence-electron chi connectivity index (χ4n) is 4.52. The molecule has 1 fully saturated rings.